The highest BCUT2D eigenvalue weighted by atomic mass is 32.1. The van der Waals surface area contributed by atoms with Crippen LogP contribution in [0, 0.1) is 18.3 Å². The van der Waals surface area contributed by atoms with E-state index in [9.17, 15) is 10.1 Å². The van der Waals surface area contributed by atoms with E-state index in [-0.39, 0.29) is 5.97 Å². The van der Waals surface area contributed by atoms with Crippen molar-refractivity contribution in [1.82, 2.24) is 4.98 Å². The molecule has 5 nitrogen and oxygen atoms in total. The van der Waals surface area contributed by atoms with Gasteiger partial charge in [0.05, 0.1) is 24.5 Å². The highest BCUT2D eigenvalue weighted by Gasteiger charge is 2.18. The number of carbonyl (C=O) groups excluding carboxylic acids is 1. The van der Waals surface area contributed by atoms with E-state index in [1.54, 1.807) is 26.0 Å². The van der Waals surface area contributed by atoms with Gasteiger partial charge in [-0.05, 0) is 39.0 Å². The van der Waals surface area contributed by atoms with Crippen LogP contribution in [-0.2, 0) is 4.74 Å². The first-order chi connectivity index (χ1) is 10.6. The minimum atomic E-state index is -0.366. The van der Waals surface area contributed by atoms with Crippen molar-refractivity contribution in [3.8, 4) is 22.4 Å². The van der Waals surface area contributed by atoms with Gasteiger partial charge >= 0.3 is 5.97 Å². The largest absolute Gasteiger partial charge is 0.492 e. The van der Waals surface area contributed by atoms with Crippen molar-refractivity contribution in [3.63, 3.8) is 0 Å². The Morgan fingerprint density at radius 3 is 2.77 bits per heavy atom. The monoisotopic (exact) mass is 316 g/mol. The van der Waals surface area contributed by atoms with Crippen LogP contribution in [0.4, 0.5) is 0 Å². The van der Waals surface area contributed by atoms with E-state index in [1.165, 1.54) is 11.3 Å². The van der Waals surface area contributed by atoms with Crippen molar-refractivity contribution in [3.05, 3.63) is 34.3 Å². The molecule has 0 fully saturated rings. The van der Waals surface area contributed by atoms with Crippen molar-refractivity contribution >= 4 is 17.3 Å². The molecule has 22 heavy (non-hydrogen) atoms. The molecule has 0 aliphatic rings. The average molecular weight is 316 g/mol. The number of aryl methyl sites for hydroxylation is 1. The summed E-state index contributed by atoms with van der Waals surface area (Å²) in [5.74, 6) is 0.183. The Morgan fingerprint density at radius 1 is 1.36 bits per heavy atom. The van der Waals surface area contributed by atoms with Gasteiger partial charge in [0.25, 0.3) is 0 Å². The first kappa shape index (κ1) is 16.0. The third-order valence-corrected chi connectivity index (χ3v) is 4.09. The molecule has 114 valence electrons. The van der Waals surface area contributed by atoms with Crippen molar-refractivity contribution in [2.45, 2.75) is 20.8 Å². The average Bonchev–Trinajstić information content (AvgIpc) is 2.90. The van der Waals surface area contributed by atoms with Gasteiger partial charge in [-0.1, -0.05) is 0 Å². The molecule has 1 heterocycles. The molecule has 0 amide bonds. The Bertz CT molecular complexity index is 731. The quantitative estimate of drug-likeness (QED) is 0.789. The molecule has 1 aromatic carbocycles. The van der Waals surface area contributed by atoms with E-state index < -0.39 is 0 Å². The van der Waals surface area contributed by atoms with Gasteiger partial charge in [0.1, 0.15) is 21.7 Å². The predicted octanol–water partition coefficient (Wildman–Crippen LogP) is 3.57. The maximum atomic E-state index is 11.8. The zero-order valence-electron chi connectivity index (χ0n) is 12.7. The van der Waals surface area contributed by atoms with E-state index >= 15 is 0 Å². The number of hydrogen-bond acceptors (Lipinski definition) is 6. The van der Waals surface area contributed by atoms with Gasteiger partial charge in [0.2, 0.25) is 0 Å². The number of rotatable bonds is 5. The minimum Gasteiger partial charge on any atom is -0.492 e. The van der Waals surface area contributed by atoms with Crippen molar-refractivity contribution in [1.29, 1.82) is 5.26 Å². The van der Waals surface area contributed by atoms with Crippen LogP contribution in [0.5, 0.6) is 5.75 Å². The number of aromatic nitrogens is 1. The lowest BCUT2D eigenvalue weighted by Crippen LogP contribution is -2.03. The number of thiazole rings is 1. The van der Waals surface area contributed by atoms with Crippen molar-refractivity contribution in [2.24, 2.45) is 0 Å². The summed E-state index contributed by atoms with van der Waals surface area (Å²) < 4.78 is 10.4. The van der Waals surface area contributed by atoms with E-state index in [4.69, 9.17) is 9.47 Å². The molecule has 0 saturated heterocycles. The molecular formula is C16H16N2O3S. The molecule has 0 bridgehead atoms. The maximum absolute atomic E-state index is 11.8. The molecule has 2 aromatic rings. The third kappa shape index (κ3) is 3.26. The Morgan fingerprint density at radius 2 is 2.14 bits per heavy atom. The van der Waals surface area contributed by atoms with Crippen LogP contribution in [0.2, 0.25) is 0 Å². The van der Waals surface area contributed by atoms with Crippen LogP contribution in [0.25, 0.3) is 10.6 Å². The number of esters is 1. The number of hydrogen-bond donors (Lipinski definition) is 0. The Hall–Kier alpha value is -2.39. The Kier molecular flexibility index (Phi) is 5.12. The summed E-state index contributed by atoms with van der Waals surface area (Å²) in [5, 5.41) is 9.89. The summed E-state index contributed by atoms with van der Waals surface area (Å²) in [7, 11) is 0. The number of carbonyl (C=O) groups is 1. The van der Waals surface area contributed by atoms with E-state index in [2.05, 4.69) is 11.1 Å². The van der Waals surface area contributed by atoms with Crippen molar-refractivity contribution < 1.29 is 14.3 Å². The van der Waals surface area contributed by atoms with Crippen molar-refractivity contribution in [2.75, 3.05) is 13.2 Å². The lowest BCUT2D eigenvalue weighted by Gasteiger charge is -2.06. The second-order valence-corrected chi connectivity index (χ2v) is 5.41. The van der Waals surface area contributed by atoms with Crippen LogP contribution in [-0.4, -0.2) is 24.2 Å². The molecule has 0 N–H and O–H groups in total. The van der Waals surface area contributed by atoms with E-state index in [0.717, 1.165) is 5.56 Å². The van der Waals surface area contributed by atoms with E-state index in [0.29, 0.717) is 40.1 Å². The van der Waals surface area contributed by atoms with Gasteiger partial charge in [0.15, 0.2) is 0 Å². The summed E-state index contributed by atoms with van der Waals surface area (Å²) >= 11 is 1.26. The van der Waals surface area contributed by atoms with Crippen LogP contribution in [0.1, 0.15) is 34.8 Å². The second-order valence-electron chi connectivity index (χ2n) is 4.41. The van der Waals surface area contributed by atoms with E-state index in [1.807, 2.05) is 13.0 Å². The molecule has 0 spiro atoms. The predicted molar refractivity (Wildman–Crippen MR) is 84.1 cm³/mol. The molecular weight excluding hydrogens is 300 g/mol. The highest BCUT2D eigenvalue weighted by Crippen LogP contribution is 2.31. The topological polar surface area (TPSA) is 72.2 Å². The van der Waals surface area contributed by atoms with Crippen LogP contribution >= 0.6 is 11.3 Å². The zero-order chi connectivity index (χ0) is 16.1. The zero-order valence-corrected chi connectivity index (χ0v) is 13.5. The molecule has 0 aliphatic heterocycles. The smallest absolute Gasteiger partial charge is 0.350 e. The molecule has 0 radical (unpaired) electrons. The fourth-order valence-electron chi connectivity index (χ4n) is 1.94. The number of benzene rings is 1. The molecule has 0 saturated carbocycles. The molecule has 0 unspecified atom stereocenters. The third-order valence-electron chi connectivity index (χ3n) is 2.90. The Labute approximate surface area is 133 Å². The lowest BCUT2D eigenvalue weighted by atomic mass is 10.1. The second kappa shape index (κ2) is 7.05. The van der Waals surface area contributed by atoms with Crippen LogP contribution < -0.4 is 4.74 Å². The lowest BCUT2D eigenvalue weighted by molar-refractivity contribution is 0.0531. The van der Waals surface area contributed by atoms with Gasteiger partial charge in [0, 0.05) is 5.56 Å². The number of ether oxygens (including phenoxy) is 2. The fraction of sp³-hybridized carbons (Fsp3) is 0.312. The highest BCUT2D eigenvalue weighted by molar-refractivity contribution is 7.17. The first-order valence-electron chi connectivity index (χ1n) is 6.92. The molecule has 6 heteroatoms. The summed E-state index contributed by atoms with van der Waals surface area (Å²) in [6.07, 6.45) is 0. The minimum absolute atomic E-state index is 0.327. The molecule has 1 aromatic heterocycles. The number of nitriles is 1. The number of nitrogens with zero attached hydrogens (tertiary/aromatic N) is 2. The first-order valence-corrected chi connectivity index (χ1v) is 7.74. The summed E-state index contributed by atoms with van der Waals surface area (Å²) in [4.78, 5) is 16.7. The van der Waals surface area contributed by atoms with Crippen LogP contribution in [0.15, 0.2) is 18.2 Å². The normalized spacial score (nSPS) is 10.1. The molecule has 2 rings (SSSR count). The SMILES string of the molecule is CCOC(=O)c1sc(-c2ccc(OCC)c(C#N)c2)nc1C. The summed E-state index contributed by atoms with van der Waals surface area (Å²) in [6, 6.07) is 7.42. The van der Waals surface area contributed by atoms with Gasteiger partial charge < -0.3 is 9.47 Å². The van der Waals surface area contributed by atoms with Gasteiger partial charge in [-0.25, -0.2) is 9.78 Å². The fourth-order valence-corrected chi connectivity index (χ4v) is 2.89. The summed E-state index contributed by atoms with van der Waals surface area (Å²) in [6.45, 7) is 6.22. The summed E-state index contributed by atoms with van der Waals surface area (Å²) in [5.41, 5.74) is 1.86. The van der Waals surface area contributed by atoms with Gasteiger partial charge in [-0.15, -0.1) is 11.3 Å². The van der Waals surface area contributed by atoms with Gasteiger partial charge in [-0.3, -0.25) is 0 Å². The maximum Gasteiger partial charge on any atom is 0.350 e. The van der Waals surface area contributed by atoms with Crippen LogP contribution in [0.3, 0.4) is 0 Å². The van der Waals surface area contributed by atoms with Gasteiger partial charge in [-0.2, -0.15) is 5.26 Å². The standard InChI is InChI=1S/C16H16N2O3S/c1-4-20-13-7-6-11(8-12(13)9-17)15-18-10(3)14(22-15)16(19)21-5-2/h6-8H,4-5H2,1-3H3. The molecule has 0 aliphatic carbocycles. The Balaban J connectivity index is 2.39. The molecule has 0 atom stereocenters.